The van der Waals surface area contributed by atoms with Crippen LogP contribution in [0.1, 0.15) is 15.9 Å². The van der Waals surface area contributed by atoms with E-state index in [4.69, 9.17) is 14.9 Å². The number of esters is 1. The number of aliphatic hydroxyl groups is 1. The third-order valence-electron chi connectivity index (χ3n) is 5.54. The van der Waals surface area contributed by atoms with Crippen molar-refractivity contribution >= 4 is 38.7 Å². The molecule has 0 radical (unpaired) electrons. The van der Waals surface area contributed by atoms with Crippen molar-refractivity contribution in [3.8, 4) is 22.8 Å². The summed E-state index contributed by atoms with van der Waals surface area (Å²) in [5, 5.41) is 9.65. The molecule has 0 aliphatic rings. The van der Waals surface area contributed by atoms with E-state index in [-0.39, 0.29) is 34.5 Å². The van der Waals surface area contributed by atoms with Crippen LogP contribution < -0.4 is 14.8 Å². The fourth-order valence-corrected chi connectivity index (χ4v) is 4.89. The van der Waals surface area contributed by atoms with Crippen LogP contribution in [-0.2, 0) is 14.8 Å². The van der Waals surface area contributed by atoms with Crippen LogP contribution in [0, 0.1) is 12.7 Å². The Hall–Kier alpha value is -4.42. The van der Waals surface area contributed by atoms with Gasteiger partial charge >= 0.3 is 12.1 Å². The number of anilines is 1. The molecule has 12 heteroatoms. The highest BCUT2D eigenvalue weighted by molar-refractivity contribution is 7.92. The highest BCUT2D eigenvalue weighted by Gasteiger charge is 2.27. The summed E-state index contributed by atoms with van der Waals surface area (Å²) in [7, 11) is -3.75. The Morgan fingerprint density at radius 1 is 1.05 bits per heavy atom. The van der Waals surface area contributed by atoms with Crippen molar-refractivity contribution in [1.29, 1.82) is 0 Å². The van der Waals surface area contributed by atoms with Gasteiger partial charge in [-0.1, -0.05) is 0 Å². The van der Waals surface area contributed by atoms with Gasteiger partial charge in [-0.2, -0.15) is 0 Å². The number of aryl methyl sites for hydroxylation is 1. The van der Waals surface area contributed by atoms with Gasteiger partial charge in [0.15, 0.2) is 0 Å². The first-order valence-corrected chi connectivity index (χ1v) is 13.0. The summed E-state index contributed by atoms with van der Waals surface area (Å²) in [6, 6.07) is 14.8. The highest BCUT2D eigenvalue weighted by atomic mass is 32.2. The first-order valence-electron chi connectivity index (χ1n) is 11.2. The molecule has 10 nitrogen and oxygen atoms in total. The van der Waals surface area contributed by atoms with Gasteiger partial charge in [-0.3, -0.25) is 4.31 Å². The molecule has 0 fully saturated rings. The number of sulfonamides is 1. The molecule has 1 aromatic heterocycles. The summed E-state index contributed by atoms with van der Waals surface area (Å²) < 4.78 is 55.2. The number of carbonyl (C=O) groups is 2. The molecular weight excluding hydrogens is 519 g/mol. The molecule has 0 saturated heterocycles. The average molecular weight is 543 g/mol. The van der Waals surface area contributed by atoms with Gasteiger partial charge in [0.25, 0.3) is 0 Å². The number of hydrogen-bond acceptors (Lipinski definition) is 8. The van der Waals surface area contributed by atoms with E-state index >= 15 is 0 Å². The number of furan rings is 1. The molecule has 1 amide bonds. The zero-order chi connectivity index (χ0) is 27.6. The Balaban J connectivity index is 1.81. The summed E-state index contributed by atoms with van der Waals surface area (Å²) in [5.74, 6) is -0.578. The van der Waals surface area contributed by atoms with Gasteiger partial charge in [0.05, 0.1) is 25.1 Å². The molecule has 0 saturated carbocycles. The van der Waals surface area contributed by atoms with E-state index in [1.54, 1.807) is 31.2 Å². The lowest BCUT2D eigenvalue weighted by molar-refractivity contribution is 0.0640. The normalized spacial score (nSPS) is 11.4. The predicted molar refractivity (Wildman–Crippen MR) is 137 cm³/mol. The van der Waals surface area contributed by atoms with E-state index in [9.17, 15) is 27.5 Å². The monoisotopic (exact) mass is 542 g/mol. The number of nitrogens with zero attached hydrogens (tertiary/aromatic N) is 1. The third-order valence-corrected chi connectivity index (χ3v) is 6.72. The maximum atomic E-state index is 13.2. The molecule has 0 aliphatic carbocycles. The summed E-state index contributed by atoms with van der Waals surface area (Å²) in [6.07, 6.45) is -0.302. The minimum atomic E-state index is -3.75. The van der Waals surface area contributed by atoms with Gasteiger partial charge < -0.3 is 24.7 Å². The second kappa shape index (κ2) is 10.5. The number of carbonyl (C=O) groups excluding carboxylic acids is 2. The van der Waals surface area contributed by atoms with E-state index in [0.29, 0.717) is 22.6 Å². The maximum absolute atomic E-state index is 13.2. The number of fused-ring (bicyclic) bond motifs is 1. The molecular formula is C26H23FN2O8S. The van der Waals surface area contributed by atoms with Crippen LogP contribution in [0.4, 0.5) is 14.9 Å². The zero-order valence-corrected chi connectivity index (χ0v) is 21.1. The SMILES string of the molecule is Cc1cc2c(C(=O)OC(N)=O)c(-c3ccc(Oc4ccc(F)cc4)cc3)oc2cc1N(CCO)S(C)(=O)=O. The number of ether oxygens (including phenoxy) is 2. The molecule has 0 unspecified atom stereocenters. The third kappa shape index (κ3) is 5.61. The quantitative estimate of drug-likeness (QED) is 0.247. The lowest BCUT2D eigenvalue weighted by Crippen LogP contribution is -2.33. The number of amides is 1. The molecule has 0 bridgehead atoms. The highest BCUT2D eigenvalue weighted by Crippen LogP contribution is 2.39. The Morgan fingerprint density at radius 2 is 1.66 bits per heavy atom. The number of nitrogens with two attached hydrogens (primary N) is 1. The molecule has 0 spiro atoms. The Bertz CT molecular complexity index is 1610. The molecule has 3 N–H and O–H groups in total. The standard InChI is InChI=1S/C26H23FN2O8S/c1-15-13-20-22(14-21(15)29(11-12-30)38(2,33)34)36-24(23(20)25(31)37-26(28)32)16-3-7-18(8-4-16)35-19-9-5-17(27)6-10-19/h3-10,13-14,30H,11-12H2,1-2H3,(H2,28,32). The van der Waals surface area contributed by atoms with Crippen molar-refractivity contribution in [2.24, 2.45) is 5.73 Å². The Labute approximate surface area is 217 Å². The number of halogens is 1. The molecule has 0 aliphatic heterocycles. The van der Waals surface area contributed by atoms with Crippen molar-refractivity contribution in [2.45, 2.75) is 6.92 Å². The first-order chi connectivity index (χ1) is 18.0. The first kappa shape index (κ1) is 26.6. The van der Waals surface area contributed by atoms with Crippen LogP contribution in [-0.4, -0.2) is 45.0 Å². The van der Waals surface area contributed by atoms with E-state index < -0.39 is 34.5 Å². The Kier molecular flexibility index (Phi) is 7.37. The second-order valence-electron chi connectivity index (χ2n) is 8.29. The largest absolute Gasteiger partial charge is 0.457 e. The topological polar surface area (TPSA) is 149 Å². The number of rotatable bonds is 8. The van der Waals surface area contributed by atoms with Crippen molar-refractivity contribution in [3.05, 3.63) is 77.6 Å². The molecule has 4 aromatic rings. The number of primary amides is 1. The minimum absolute atomic E-state index is 0.0456. The fraction of sp³-hybridized carbons (Fsp3) is 0.154. The molecule has 1 heterocycles. The van der Waals surface area contributed by atoms with Crippen molar-refractivity contribution in [1.82, 2.24) is 0 Å². The van der Waals surface area contributed by atoms with E-state index in [1.165, 1.54) is 36.4 Å². The maximum Gasteiger partial charge on any atom is 0.412 e. The van der Waals surface area contributed by atoms with Crippen molar-refractivity contribution < 1.29 is 41.4 Å². The molecule has 38 heavy (non-hydrogen) atoms. The average Bonchev–Trinajstić information content (AvgIpc) is 3.21. The number of aliphatic hydroxyl groups excluding tert-OH is 1. The molecule has 3 aromatic carbocycles. The van der Waals surface area contributed by atoms with Gasteiger partial charge in [0, 0.05) is 17.0 Å². The molecule has 0 atom stereocenters. The van der Waals surface area contributed by atoms with Crippen LogP contribution >= 0.6 is 0 Å². The lowest BCUT2D eigenvalue weighted by atomic mass is 10.0. The van der Waals surface area contributed by atoms with Gasteiger partial charge in [0.1, 0.15) is 34.2 Å². The summed E-state index contributed by atoms with van der Waals surface area (Å²) >= 11 is 0. The molecule has 198 valence electrons. The van der Waals surface area contributed by atoms with E-state index in [0.717, 1.165) is 10.6 Å². The van der Waals surface area contributed by atoms with Crippen LogP contribution in [0.3, 0.4) is 0 Å². The van der Waals surface area contributed by atoms with Crippen LogP contribution in [0.5, 0.6) is 11.5 Å². The van der Waals surface area contributed by atoms with Gasteiger partial charge in [-0.25, -0.2) is 22.4 Å². The lowest BCUT2D eigenvalue weighted by Gasteiger charge is -2.23. The smallest absolute Gasteiger partial charge is 0.412 e. The van der Waals surface area contributed by atoms with Gasteiger partial charge in [-0.05, 0) is 67.1 Å². The number of hydrogen-bond donors (Lipinski definition) is 2. The van der Waals surface area contributed by atoms with Crippen molar-refractivity contribution in [2.75, 3.05) is 23.7 Å². The fourth-order valence-electron chi connectivity index (χ4n) is 3.93. The van der Waals surface area contributed by atoms with Crippen LogP contribution in [0.15, 0.2) is 65.1 Å². The van der Waals surface area contributed by atoms with Gasteiger partial charge in [-0.15, -0.1) is 0 Å². The number of benzene rings is 3. The van der Waals surface area contributed by atoms with Crippen LogP contribution in [0.25, 0.3) is 22.3 Å². The van der Waals surface area contributed by atoms with Crippen LogP contribution in [0.2, 0.25) is 0 Å². The Morgan fingerprint density at radius 3 is 2.21 bits per heavy atom. The summed E-state index contributed by atoms with van der Waals surface area (Å²) in [6.45, 7) is 1.02. The second-order valence-corrected chi connectivity index (χ2v) is 10.2. The minimum Gasteiger partial charge on any atom is -0.457 e. The predicted octanol–water partition coefficient (Wildman–Crippen LogP) is 4.33. The van der Waals surface area contributed by atoms with E-state index in [1.807, 2.05) is 0 Å². The summed E-state index contributed by atoms with van der Waals surface area (Å²) in [4.78, 5) is 24.2. The zero-order valence-electron chi connectivity index (χ0n) is 20.3. The van der Waals surface area contributed by atoms with Crippen molar-refractivity contribution in [3.63, 3.8) is 0 Å². The molecule has 4 rings (SSSR count). The van der Waals surface area contributed by atoms with E-state index in [2.05, 4.69) is 4.74 Å². The summed E-state index contributed by atoms with van der Waals surface area (Å²) in [5.41, 5.74) is 6.22. The van der Waals surface area contributed by atoms with Gasteiger partial charge in [0.2, 0.25) is 10.0 Å².